The van der Waals surface area contributed by atoms with Gasteiger partial charge in [0.25, 0.3) is 0 Å². The Bertz CT molecular complexity index is 356. The Balaban J connectivity index is 3.12. The molecule has 0 unspecified atom stereocenters. The van der Waals surface area contributed by atoms with Gasteiger partial charge in [-0.25, -0.2) is 13.2 Å². The summed E-state index contributed by atoms with van der Waals surface area (Å²) >= 11 is 9.56. The molecule has 1 rings (SSSR count). The van der Waals surface area contributed by atoms with Crippen LogP contribution in [0.5, 0.6) is 0 Å². The highest BCUT2D eigenvalue weighted by Crippen LogP contribution is 2.19. The quantitative estimate of drug-likeness (QED) is 0.341. The molecule has 0 heterocycles. The van der Waals surface area contributed by atoms with Crippen LogP contribution < -0.4 is 5.32 Å². The Morgan fingerprint density at radius 1 is 1.31 bits per heavy atom. The second-order valence-electron chi connectivity index (χ2n) is 2.15. The van der Waals surface area contributed by atoms with Crippen molar-refractivity contribution in [3.05, 3.63) is 29.6 Å². The number of anilines is 1. The molecule has 0 bridgehead atoms. The lowest BCUT2D eigenvalue weighted by Gasteiger charge is -2.04. The fourth-order valence-corrected chi connectivity index (χ4v) is 0.965. The molecule has 13 heavy (non-hydrogen) atoms. The summed E-state index contributed by atoms with van der Waals surface area (Å²) in [5.41, 5.74) is -0.419. The normalized spacial score (nSPS) is 9.85. The van der Waals surface area contributed by atoms with Crippen molar-refractivity contribution >= 4 is 34.0 Å². The van der Waals surface area contributed by atoms with Crippen molar-refractivity contribution < 1.29 is 13.2 Å². The molecule has 0 aliphatic heterocycles. The molecule has 1 N–H and O–H groups in total. The van der Waals surface area contributed by atoms with Gasteiger partial charge >= 0.3 is 0 Å². The first kappa shape index (κ1) is 10.3. The molecule has 0 saturated carbocycles. The van der Waals surface area contributed by atoms with E-state index in [0.29, 0.717) is 6.07 Å². The third-order valence-electron chi connectivity index (χ3n) is 1.23. The molecule has 0 fully saturated rings. The fraction of sp³-hybridized carbons (Fsp3) is 0. The second-order valence-corrected chi connectivity index (χ2v) is 3.16. The lowest BCUT2D eigenvalue weighted by molar-refractivity contribution is 0.498. The maximum absolute atomic E-state index is 12.8. The zero-order valence-electron chi connectivity index (χ0n) is 6.07. The van der Waals surface area contributed by atoms with Crippen LogP contribution >= 0.6 is 23.8 Å². The molecule has 0 atom stereocenters. The molecule has 0 aliphatic carbocycles. The van der Waals surface area contributed by atoms with Crippen molar-refractivity contribution in [2.24, 2.45) is 0 Å². The van der Waals surface area contributed by atoms with Gasteiger partial charge in [0, 0.05) is 12.1 Å². The Labute approximate surface area is 82.5 Å². The minimum absolute atomic E-state index is 0.288. The molecule has 1 aromatic rings. The van der Waals surface area contributed by atoms with Crippen LogP contribution in [0.25, 0.3) is 0 Å². The number of thiocarbonyl (C=S) groups is 1. The number of halogens is 4. The Hall–Kier alpha value is -0.810. The fourth-order valence-electron chi connectivity index (χ4n) is 0.753. The van der Waals surface area contributed by atoms with E-state index in [1.807, 2.05) is 0 Å². The topological polar surface area (TPSA) is 12.0 Å². The van der Waals surface area contributed by atoms with Crippen molar-refractivity contribution in [1.29, 1.82) is 0 Å². The van der Waals surface area contributed by atoms with Crippen molar-refractivity contribution in [3.8, 4) is 0 Å². The van der Waals surface area contributed by atoms with E-state index < -0.39 is 23.1 Å². The first-order chi connectivity index (χ1) is 6.00. The number of hydrogen-bond acceptors (Lipinski definition) is 1. The SMILES string of the molecule is Fc1cc(F)c(F)c(NC(=S)Cl)c1. The summed E-state index contributed by atoms with van der Waals surface area (Å²) in [6.07, 6.45) is 0. The van der Waals surface area contributed by atoms with Crippen LogP contribution in [0.1, 0.15) is 0 Å². The van der Waals surface area contributed by atoms with E-state index in [0.717, 1.165) is 6.07 Å². The third-order valence-corrected chi connectivity index (χ3v) is 1.42. The van der Waals surface area contributed by atoms with Crippen LogP contribution in [-0.4, -0.2) is 4.45 Å². The molecule has 6 heteroatoms. The van der Waals surface area contributed by atoms with Gasteiger partial charge in [-0.15, -0.1) is 0 Å². The van der Waals surface area contributed by atoms with Crippen molar-refractivity contribution in [3.63, 3.8) is 0 Å². The van der Waals surface area contributed by atoms with Crippen molar-refractivity contribution in [2.75, 3.05) is 5.32 Å². The van der Waals surface area contributed by atoms with E-state index in [2.05, 4.69) is 17.5 Å². The monoisotopic (exact) mass is 225 g/mol. The molecule has 0 amide bonds. The van der Waals surface area contributed by atoms with Gasteiger partial charge in [-0.05, 0) is 12.2 Å². The largest absolute Gasteiger partial charge is 0.334 e. The van der Waals surface area contributed by atoms with Crippen LogP contribution in [0.2, 0.25) is 0 Å². The molecular formula is C7H3ClF3NS. The van der Waals surface area contributed by atoms with Crippen LogP contribution in [0, 0.1) is 17.5 Å². The zero-order chi connectivity index (χ0) is 10.0. The van der Waals surface area contributed by atoms with Gasteiger partial charge in [-0.2, -0.15) is 0 Å². The number of rotatable bonds is 1. The highest BCUT2D eigenvalue weighted by molar-refractivity contribution is 7.83. The summed E-state index contributed by atoms with van der Waals surface area (Å²) in [5, 5.41) is 2.10. The van der Waals surface area contributed by atoms with Crippen LogP contribution in [-0.2, 0) is 0 Å². The summed E-state index contributed by atoms with van der Waals surface area (Å²) < 4.78 is 37.6. The number of nitrogens with one attached hydrogen (secondary N) is 1. The van der Waals surface area contributed by atoms with Gasteiger partial charge < -0.3 is 5.32 Å². The highest BCUT2D eigenvalue weighted by atomic mass is 35.5. The van der Waals surface area contributed by atoms with Crippen molar-refractivity contribution in [2.45, 2.75) is 0 Å². The number of hydrogen-bond donors (Lipinski definition) is 1. The predicted molar refractivity (Wildman–Crippen MR) is 48.4 cm³/mol. The van der Waals surface area contributed by atoms with Crippen molar-refractivity contribution in [1.82, 2.24) is 0 Å². The lowest BCUT2D eigenvalue weighted by atomic mass is 10.3. The first-order valence-electron chi connectivity index (χ1n) is 3.11. The van der Waals surface area contributed by atoms with E-state index in [1.165, 1.54) is 0 Å². The summed E-state index contributed by atoms with van der Waals surface area (Å²) in [6, 6.07) is 1.19. The number of benzene rings is 1. The molecular weight excluding hydrogens is 223 g/mol. The van der Waals surface area contributed by atoms with E-state index in [-0.39, 0.29) is 4.45 Å². The molecule has 70 valence electrons. The molecule has 0 radical (unpaired) electrons. The smallest absolute Gasteiger partial charge is 0.182 e. The Morgan fingerprint density at radius 3 is 2.46 bits per heavy atom. The van der Waals surface area contributed by atoms with Gasteiger partial charge in [0.05, 0.1) is 5.69 Å². The molecule has 0 aromatic heterocycles. The Morgan fingerprint density at radius 2 is 1.92 bits per heavy atom. The third kappa shape index (κ3) is 2.57. The summed E-state index contributed by atoms with van der Waals surface area (Å²) in [4.78, 5) is 0. The van der Waals surface area contributed by atoms with E-state index in [9.17, 15) is 13.2 Å². The average Bonchev–Trinajstić information content (AvgIpc) is 1.98. The molecule has 0 saturated heterocycles. The van der Waals surface area contributed by atoms with E-state index >= 15 is 0 Å². The summed E-state index contributed by atoms with van der Waals surface area (Å²) in [5.74, 6) is -3.42. The summed E-state index contributed by atoms with van der Waals surface area (Å²) in [6.45, 7) is 0. The average molecular weight is 226 g/mol. The molecule has 0 aliphatic rings. The first-order valence-corrected chi connectivity index (χ1v) is 3.90. The summed E-state index contributed by atoms with van der Waals surface area (Å²) in [7, 11) is 0. The van der Waals surface area contributed by atoms with E-state index in [4.69, 9.17) is 11.6 Å². The molecule has 0 spiro atoms. The highest BCUT2D eigenvalue weighted by Gasteiger charge is 2.10. The lowest BCUT2D eigenvalue weighted by Crippen LogP contribution is -2.04. The predicted octanol–water partition coefficient (Wildman–Crippen LogP) is 3.04. The van der Waals surface area contributed by atoms with Gasteiger partial charge in [0.15, 0.2) is 16.1 Å². The van der Waals surface area contributed by atoms with Gasteiger partial charge in [0.1, 0.15) is 5.82 Å². The van der Waals surface area contributed by atoms with Crippen LogP contribution in [0.15, 0.2) is 12.1 Å². The Kier molecular flexibility index (Phi) is 3.11. The standard InChI is InChI=1S/C7H3ClF3NS/c8-7(13)12-5-2-3(9)1-4(10)6(5)11/h1-2H,(H,12,13). The van der Waals surface area contributed by atoms with Gasteiger partial charge in [0.2, 0.25) is 0 Å². The van der Waals surface area contributed by atoms with E-state index in [1.54, 1.807) is 0 Å². The minimum Gasteiger partial charge on any atom is -0.334 e. The minimum atomic E-state index is -1.30. The van der Waals surface area contributed by atoms with Gasteiger partial charge in [-0.3, -0.25) is 0 Å². The molecule has 1 nitrogen and oxygen atoms in total. The second kappa shape index (κ2) is 3.93. The maximum Gasteiger partial charge on any atom is 0.182 e. The molecule has 1 aromatic carbocycles. The van der Waals surface area contributed by atoms with Crippen LogP contribution in [0.4, 0.5) is 18.9 Å². The zero-order valence-corrected chi connectivity index (χ0v) is 7.65. The van der Waals surface area contributed by atoms with Crippen LogP contribution in [0.3, 0.4) is 0 Å². The maximum atomic E-state index is 12.8. The van der Waals surface area contributed by atoms with Gasteiger partial charge in [-0.1, -0.05) is 11.6 Å².